The summed E-state index contributed by atoms with van der Waals surface area (Å²) in [5, 5.41) is 4.50. The molecule has 4 nitrogen and oxygen atoms in total. The highest BCUT2D eigenvalue weighted by Crippen LogP contribution is 2.33. The number of nitrogens with one attached hydrogen (secondary N) is 1. The Morgan fingerprint density at radius 3 is 2.76 bits per heavy atom. The van der Waals surface area contributed by atoms with Gasteiger partial charge in [0, 0.05) is 17.1 Å². The van der Waals surface area contributed by atoms with Gasteiger partial charge in [0.1, 0.15) is 22.4 Å². The molecule has 2 aromatic heterocycles. The molecule has 0 aliphatic rings. The first-order valence-electron chi connectivity index (χ1n) is 5.67. The minimum absolute atomic E-state index is 0.0153. The summed E-state index contributed by atoms with van der Waals surface area (Å²) in [6.07, 6.45) is -3.37. The summed E-state index contributed by atoms with van der Waals surface area (Å²) in [5.74, 6) is -0.304. The van der Waals surface area contributed by atoms with Crippen LogP contribution in [0.4, 0.5) is 19.0 Å². The number of rotatable bonds is 3. The lowest BCUT2D eigenvalue weighted by Crippen LogP contribution is -2.12. The first kappa shape index (κ1) is 15.7. The molecule has 0 fully saturated rings. The molecule has 0 spiro atoms. The molecule has 1 amide bonds. The zero-order valence-corrected chi connectivity index (χ0v) is 12.2. The lowest BCUT2D eigenvalue weighted by Gasteiger charge is -2.09. The zero-order chi connectivity index (χ0) is 15.6. The van der Waals surface area contributed by atoms with Crippen molar-refractivity contribution in [3.8, 4) is 10.6 Å². The van der Waals surface area contributed by atoms with E-state index in [9.17, 15) is 18.0 Å². The van der Waals surface area contributed by atoms with Crippen LogP contribution in [0.2, 0.25) is 0 Å². The van der Waals surface area contributed by atoms with E-state index in [1.807, 2.05) is 0 Å². The maximum absolute atomic E-state index is 12.6. The fourth-order valence-electron chi connectivity index (χ4n) is 1.63. The Bertz CT molecular complexity index is 672. The number of carbonyl (C=O) groups is 1. The number of hydrogen-bond donors (Lipinski definition) is 1. The average molecular weight is 336 g/mol. The van der Waals surface area contributed by atoms with Gasteiger partial charge in [-0.05, 0) is 18.6 Å². The number of nitrogens with zero attached hydrogens (tertiary/aromatic N) is 2. The molecular weight excluding hydrogens is 327 g/mol. The third kappa shape index (κ3) is 3.70. The monoisotopic (exact) mass is 335 g/mol. The quantitative estimate of drug-likeness (QED) is 0.870. The molecular formula is C12H9ClF3N3OS. The van der Waals surface area contributed by atoms with Crippen LogP contribution >= 0.6 is 22.9 Å². The molecule has 21 heavy (non-hydrogen) atoms. The molecule has 0 aliphatic carbocycles. The van der Waals surface area contributed by atoms with Crippen molar-refractivity contribution in [2.75, 3.05) is 11.2 Å². The Hall–Kier alpha value is -1.67. The average Bonchev–Trinajstić information content (AvgIpc) is 2.85. The SMILES string of the molecule is Cc1cc(-c2nc(NC(=O)CCl)cs2)cnc1C(F)(F)F. The highest BCUT2D eigenvalue weighted by molar-refractivity contribution is 7.13. The molecule has 0 unspecified atom stereocenters. The summed E-state index contributed by atoms with van der Waals surface area (Å²) in [6, 6.07) is 1.36. The number of aromatic nitrogens is 2. The molecule has 112 valence electrons. The van der Waals surface area contributed by atoms with Crippen LogP contribution in [0.15, 0.2) is 17.6 Å². The molecule has 9 heteroatoms. The van der Waals surface area contributed by atoms with Crippen molar-refractivity contribution < 1.29 is 18.0 Å². The lowest BCUT2D eigenvalue weighted by molar-refractivity contribution is -0.141. The fourth-order valence-corrected chi connectivity index (χ4v) is 2.43. The van der Waals surface area contributed by atoms with E-state index in [0.29, 0.717) is 16.4 Å². The zero-order valence-electron chi connectivity index (χ0n) is 10.7. The van der Waals surface area contributed by atoms with Crippen molar-refractivity contribution in [2.45, 2.75) is 13.1 Å². The third-order valence-corrected chi connectivity index (χ3v) is 3.62. The molecule has 0 bridgehead atoms. The molecule has 0 saturated carbocycles. The second kappa shape index (κ2) is 5.98. The van der Waals surface area contributed by atoms with Gasteiger partial charge in [0.2, 0.25) is 5.91 Å². The van der Waals surface area contributed by atoms with E-state index < -0.39 is 17.8 Å². The van der Waals surface area contributed by atoms with Gasteiger partial charge < -0.3 is 5.32 Å². The Morgan fingerprint density at radius 2 is 2.19 bits per heavy atom. The maximum atomic E-state index is 12.6. The number of alkyl halides is 4. The summed E-state index contributed by atoms with van der Waals surface area (Å²) in [5.41, 5.74) is -0.447. The van der Waals surface area contributed by atoms with Crippen LogP contribution in [0, 0.1) is 6.92 Å². The minimum Gasteiger partial charge on any atom is -0.309 e. The van der Waals surface area contributed by atoms with Crippen LogP contribution in [0.25, 0.3) is 10.6 Å². The van der Waals surface area contributed by atoms with E-state index in [-0.39, 0.29) is 11.4 Å². The lowest BCUT2D eigenvalue weighted by atomic mass is 10.1. The van der Waals surface area contributed by atoms with Crippen molar-refractivity contribution in [3.05, 3.63) is 28.9 Å². The van der Waals surface area contributed by atoms with Crippen LogP contribution in [-0.4, -0.2) is 21.8 Å². The van der Waals surface area contributed by atoms with Crippen molar-refractivity contribution in [3.63, 3.8) is 0 Å². The van der Waals surface area contributed by atoms with Gasteiger partial charge in [-0.1, -0.05) is 0 Å². The topological polar surface area (TPSA) is 54.9 Å². The summed E-state index contributed by atoms with van der Waals surface area (Å²) in [6.45, 7) is 1.34. The van der Waals surface area contributed by atoms with Crippen molar-refractivity contribution >= 4 is 34.7 Å². The maximum Gasteiger partial charge on any atom is 0.433 e. The first-order valence-corrected chi connectivity index (χ1v) is 7.08. The number of anilines is 1. The Kier molecular flexibility index (Phi) is 4.48. The minimum atomic E-state index is -4.48. The number of amides is 1. The van der Waals surface area contributed by atoms with Crippen molar-refractivity contribution in [1.29, 1.82) is 0 Å². The molecule has 2 rings (SSSR count). The van der Waals surface area contributed by atoms with Crippen molar-refractivity contribution in [1.82, 2.24) is 9.97 Å². The van der Waals surface area contributed by atoms with E-state index in [0.717, 1.165) is 6.20 Å². The second-order valence-electron chi connectivity index (χ2n) is 4.11. The van der Waals surface area contributed by atoms with Crippen LogP contribution in [-0.2, 0) is 11.0 Å². The second-order valence-corrected chi connectivity index (χ2v) is 5.23. The van der Waals surface area contributed by atoms with Gasteiger partial charge in [0.15, 0.2) is 0 Å². The molecule has 0 aromatic carbocycles. The highest BCUT2D eigenvalue weighted by atomic mass is 35.5. The number of hydrogen-bond acceptors (Lipinski definition) is 4. The molecule has 0 radical (unpaired) electrons. The highest BCUT2D eigenvalue weighted by Gasteiger charge is 2.34. The molecule has 0 aliphatic heterocycles. The summed E-state index contributed by atoms with van der Waals surface area (Å²) < 4.78 is 37.9. The Labute approximate surface area is 127 Å². The normalized spacial score (nSPS) is 11.5. The van der Waals surface area contributed by atoms with Gasteiger partial charge in [-0.15, -0.1) is 22.9 Å². The van der Waals surface area contributed by atoms with Crippen LogP contribution in [0.1, 0.15) is 11.3 Å². The van der Waals surface area contributed by atoms with E-state index in [4.69, 9.17) is 11.6 Å². The van der Waals surface area contributed by atoms with Gasteiger partial charge in [-0.3, -0.25) is 9.78 Å². The smallest absolute Gasteiger partial charge is 0.309 e. The fraction of sp³-hybridized carbons (Fsp3) is 0.250. The first-order chi connectivity index (χ1) is 9.81. The van der Waals surface area contributed by atoms with E-state index in [2.05, 4.69) is 15.3 Å². The van der Waals surface area contributed by atoms with E-state index >= 15 is 0 Å². The number of thiazole rings is 1. The number of halogens is 4. The number of aryl methyl sites for hydroxylation is 1. The molecule has 1 N–H and O–H groups in total. The van der Waals surface area contributed by atoms with Crippen molar-refractivity contribution in [2.24, 2.45) is 0 Å². The standard InChI is InChI=1S/C12H9ClF3N3OS/c1-6-2-7(4-17-10(6)12(14,15)16)11-19-8(5-21-11)18-9(20)3-13/h2,4-5H,3H2,1H3,(H,18,20). The van der Waals surface area contributed by atoms with Gasteiger partial charge in [-0.2, -0.15) is 13.2 Å². The molecule has 0 atom stereocenters. The van der Waals surface area contributed by atoms with Crippen LogP contribution in [0.5, 0.6) is 0 Å². The number of pyridine rings is 1. The van der Waals surface area contributed by atoms with Crippen LogP contribution in [0.3, 0.4) is 0 Å². The van der Waals surface area contributed by atoms with Gasteiger partial charge >= 0.3 is 6.18 Å². The van der Waals surface area contributed by atoms with E-state index in [1.54, 1.807) is 5.38 Å². The Balaban J connectivity index is 2.27. The molecule has 2 heterocycles. The van der Waals surface area contributed by atoms with E-state index in [1.165, 1.54) is 24.3 Å². The molecule has 0 saturated heterocycles. The Morgan fingerprint density at radius 1 is 1.48 bits per heavy atom. The third-order valence-electron chi connectivity index (χ3n) is 2.49. The predicted octanol–water partition coefficient (Wildman–Crippen LogP) is 3.71. The van der Waals surface area contributed by atoms with Crippen LogP contribution < -0.4 is 5.32 Å². The summed E-state index contributed by atoms with van der Waals surface area (Å²) in [7, 11) is 0. The van der Waals surface area contributed by atoms with Gasteiger partial charge in [-0.25, -0.2) is 4.98 Å². The number of carbonyl (C=O) groups excluding carboxylic acids is 1. The summed E-state index contributed by atoms with van der Waals surface area (Å²) >= 11 is 6.54. The molecule has 2 aromatic rings. The van der Waals surface area contributed by atoms with Gasteiger partial charge in [0.25, 0.3) is 0 Å². The largest absolute Gasteiger partial charge is 0.433 e. The van der Waals surface area contributed by atoms with Gasteiger partial charge in [0.05, 0.1) is 0 Å². The summed E-state index contributed by atoms with van der Waals surface area (Å²) in [4.78, 5) is 18.7. The predicted molar refractivity (Wildman–Crippen MR) is 74.4 cm³/mol.